The normalized spacial score (nSPS) is 17.1. The molecule has 1 aliphatic heterocycles. The lowest BCUT2D eigenvalue weighted by Gasteiger charge is -2.27. The third-order valence-electron chi connectivity index (χ3n) is 4.55. The van der Waals surface area contributed by atoms with Crippen LogP contribution in [-0.4, -0.2) is 19.2 Å². The molecule has 132 valence electrons. The predicted molar refractivity (Wildman–Crippen MR) is 103 cm³/mol. The number of ether oxygens (including phenoxy) is 1. The number of urea groups is 1. The third kappa shape index (κ3) is 4.75. The molecule has 0 aromatic heterocycles. The van der Waals surface area contributed by atoms with E-state index < -0.39 is 0 Å². The van der Waals surface area contributed by atoms with Gasteiger partial charge in [0.1, 0.15) is 5.75 Å². The molecule has 2 N–H and O–H groups in total. The number of amides is 2. The molecule has 2 unspecified atom stereocenters. The number of rotatable bonds is 5. The number of hydrogen-bond donors (Lipinski definition) is 2. The van der Waals surface area contributed by atoms with E-state index in [9.17, 15) is 4.79 Å². The van der Waals surface area contributed by atoms with Crippen LogP contribution in [0.4, 0.5) is 4.79 Å². The lowest BCUT2D eigenvalue weighted by atomic mass is 9.98. The minimum Gasteiger partial charge on any atom is -0.493 e. The highest BCUT2D eigenvalue weighted by Crippen LogP contribution is 2.34. The van der Waals surface area contributed by atoms with Crippen LogP contribution in [0.2, 0.25) is 0 Å². The summed E-state index contributed by atoms with van der Waals surface area (Å²) >= 11 is 3.48. The highest BCUT2D eigenvalue weighted by atomic mass is 79.9. The van der Waals surface area contributed by atoms with Crippen LogP contribution < -0.4 is 15.4 Å². The van der Waals surface area contributed by atoms with Gasteiger partial charge in [0.05, 0.1) is 12.6 Å². The summed E-state index contributed by atoms with van der Waals surface area (Å²) in [5.74, 6) is 1.26. The second kappa shape index (κ2) is 8.39. The van der Waals surface area contributed by atoms with Gasteiger partial charge >= 0.3 is 6.03 Å². The van der Waals surface area contributed by atoms with Crippen molar-refractivity contribution in [3.05, 3.63) is 64.1 Å². The van der Waals surface area contributed by atoms with Gasteiger partial charge in [-0.2, -0.15) is 0 Å². The Morgan fingerprint density at radius 1 is 1.28 bits per heavy atom. The molecular formula is C20H23BrN2O2. The molecule has 0 aliphatic carbocycles. The van der Waals surface area contributed by atoms with E-state index in [1.807, 2.05) is 36.4 Å². The van der Waals surface area contributed by atoms with Crippen molar-refractivity contribution in [2.75, 3.05) is 13.2 Å². The number of hydrogen-bond acceptors (Lipinski definition) is 2. The van der Waals surface area contributed by atoms with Crippen LogP contribution in [-0.2, 0) is 0 Å². The monoisotopic (exact) mass is 402 g/mol. The quantitative estimate of drug-likeness (QED) is 0.756. The van der Waals surface area contributed by atoms with Gasteiger partial charge < -0.3 is 15.4 Å². The predicted octanol–water partition coefficient (Wildman–Crippen LogP) is 4.77. The van der Waals surface area contributed by atoms with E-state index in [1.165, 1.54) is 5.56 Å². The van der Waals surface area contributed by atoms with Crippen LogP contribution in [0.15, 0.2) is 53.0 Å². The van der Waals surface area contributed by atoms with E-state index >= 15 is 0 Å². The van der Waals surface area contributed by atoms with E-state index in [0.29, 0.717) is 19.1 Å². The molecule has 5 heteroatoms. The van der Waals surface area contributed by atoms with E-state index in [0.717, 1.165) is 28.6 Å². The number of carbonyl (C=O) groups excluding carboxylic acids is 1. The number of fused-ring (bicyclic) bond motifs is 1. The summed E-state index contributed by atoms with van der Waals surface area (Å²) in [5.41, 5.74) is 2.32. The second-order valence-electron chi connectivity index (χ2n) is 6.37. The van der Waals surface area contributed by atoms with Crippen molar-refractivity contribution in [2.24, 2.45) is 0 Å². The van der Waals surface area contributed by atoms with Crippen LogP contribution in [0.1, 0.15) is 42.9 Å². The smallest absolute Gasteiger partial charge is 0.315 e. The number of nitrogens with one attached hydrogen (secondary N) is 2. The Labute approximate surface area is 157 Å². The van der Waals surface area contributed by atoms with Crippen molar-refractivity contribution in [3.63, 3.8) is 0 Å². The molecule has 2 aromatic rings. The first kappa shape index (κ1) is 17.8. The van der Waals surface area contributed by atoms with Crippen molar-refractivity contribution >= 4 is 22.0 Å². The van der Waals surface area contributed by atoms with Crippen molar-refractivity contribution in [1.29, 1.82) is 0 Å². The summed E-state index contributed by atoms with van der Waals surface area (Å²) < 4.78 is 6.65. The molecule has 0 radical (unpaired) electrons. The molecule has 0 fully saturated rings. The fourth-order valence-corrected chi connectivity index (χ4v) is 3.45. The summed E-state index contributed by atoms with van der Waals surface area (Å²) in [7, 11) is 0. The molecule has 0 spiro atoms. The Morgan fingerprint density at radius 2 is 2.08 bits per heavy atom. The van der Waals surface area contributed by atoms with Gasteiger partial charge in [0, 0.05) is 23.0 Å². The van der Waals surface area contributed by atoms with E-state index in [4.69, 9.17) is 4.74 Å². The summed E-state index contributed by atoms with van der Waals surface area (Å²) in [6.07, 6.45) is 1.69. The number of benzene rings is 2. The van der Waals surface area contributed by atoms with Gasteiger partial charge in [-0.15, -0.1) is 0 Å². The Balaban J connectivity index is 1.50. The van der Waals surface area contributed by atoms with Crippen LogP contribution in [0.25, 0.3) is 0 Å². The van der Waals surface area contributed by atoms with Crippen LogP contribution in [0.5, 0.6) is 5.75 Å². The van der Waals surface area contributed by atoms with Gasteiger partial charge in [0.25, 0.3) is 0 Å². The van der Waals surface area contributed by atoms with Gasteiger partial charge in [0.15, 0.2) is 0 Å². The van der Waals surface area contributed by atoms with Crippen LogP contribution in [0, 0.1) is 0 Å². The zero-order chi connectivity index (χ0) is 17.6. The first-order chi connectivity index (χ1) is 12.1. The SMILES string of the molecule is CC(CCNC(=O)NC1CCOc2ccc(Br)cc21)c1ccccc1. The molecule has 2 atom stereocenters. The van der Waals surface area contributed by atoms with E-state index in [1.54, 1.807) is 0 Å². The minimum atomic E-state index is -0.127. The summed E-state index contributed by atoms with van der Waals surface area (Å²) in [5, 5.41) is 6.04. The van der Waals surface area contributed by atoms with Crippen molar-refractivity contribution in [1.82, 2.24) is 10.6 Å². The summed E-state index contributed by atoms with van der Waals surface area (Å²) in [6, 6.07) is 16.1. The molecular weight excluding hydrogens is 380 g/mol. The van der Waals surface area contributed by atoms with Gasteiger partial charge in [-0.3, -0.25) is 0 Å². The molecule has 0 saturated carbocycles. The molecule has 3 rings (SSSR count). The average molecular weight is 403 g/mol. The second-order valence-corrected chi connectivity index (χ2v) is 7.29. The standard InChI is InChI=1S/C20H23BrN2O2/c1-14(15-5-3-2-4-6-15)9-11-22-20(24)23-18-10-12-25-19-8-7-16(21)13-17(18)19/h2-8,13-14,18H,9-12H2,1H3,(H2,22,23,24). The van der Waals surface area contributed by atoms with Gasteiger partial charge in [-0.1, -0.05) is 53.2 Å². The molecule has 1 aliphatic rings. The molecule has 2 amide bonds. The van der Waals surface area contributed by atoms with Crippen LogP contribution >= 0.6 is 15.9 Å². The number of halogens is 1. The van der Waals surface area contributed by atoms with Crippen molar-refractivity contribution in [3.8, 4) is 5.75 Å². The topological polar surface area (TPSA) is 50.4 Å². The first-order valence-corrected chi connectivity index (χ1v) is 9.44. The maximum Gasteiger partial charge on any atom is 0.315 e. The highest BCUT2D eigenvalue weighted by molar-refractivity contribution is 9.10. The first-order valence-electron chi connectivity index (χ1n) is 8.65. The minimum absolute atomic E-state index is 0.0206. The Bertz CT molecular complexity index is 721. The highest BCUT2D eigenvalue weighted by Gasteiger charge is 2.23. The third-order valence-corrected chi connectivity index (χ3v) is 5.04. The fraction of sp³-hybridized carbons (Fsp3) is 0.350. The molecule has 0 saturated heterocycles. The van der Waals surface area contributed by atoms with Gasteiger partial charge in [0.2, 0.25) is 0 Å². The van der Waals surface area contributed by atoms with E-state index in [2.05, 4.69) is 45.6 Å². The van der Waals surface area contributed by atoms with Gasteiger partial charge in [-0.05, 0) is 36.1 Å². The van der Waals surface area contributed by atoms with Crippen molar-refractivity contribution in [2.45, 2.75) is 31.7 Å². The largest absolute Gasteiger partial charge is 0.493 e. The molecule has 2 aromatic carbocycles. The number of carbonyl (C=O) groups is 1. The van der Waals surface area contributed by atoms with Gasteiger partial charge in [-0.25, -0.2) is 4.79 Å². The van der Waals surface area contributed by atoms with Crippen molar-refractivity contribution < 1.29 is 9.53 Å². The molecule has 25 heavy (non-hydrogen) atoms. The maximum atomic E-state index is 12.2. The Morgan fingerprint density at radius 3 is 2.88 bits per heavy atom. The maximum absolute atomic E-state index is 12.2. The molecule has 4 nitrogen and oxygen atoms in total. The Kier molecular flexibility index (Phi) is 5.97. The molecule has 1 heterocycles. The average Bonchev–Trinajstić information content (AvgIpc) is 2.63. The summed E-state index contributed by atoms with van der Waals surface area (Å²) in [4.78, 5) is 12.2. The lowest BCUT2D eigenvalue weighted by Crippen LogP contribution is -2.40. The van der Waals surface area contributed by atoms with Crippen LogP contribution in [0.3, 0.4) is 0 Å². The van der Waals surface area contributed by atoms with E-state index in [-0.39, 0.29) is 12.1 Å². The molecule has 0 bridgehead atoms. The Hall–Kier alpha value is -2.01. The zero-order valence-electron chi connectivity index (χ0n) is 14.3. The zero-order valence-corrected chi connectivity index (χ0v) is 15.9. The summed E-state index contributed by atoms with van der Waals surface area (Å²) in [6.45, 7) is 3.45. The fourth-order valence-electron chi connectivity index (χ4n) is 3.07. The lowest BCUT2D eigenvalue weighted by molar-refractivity contribution is 0.223.